The Kier molecular flexibility index (Phi) is 3.36. The van der Waals surface area contributed by atoms with Gasteiger partial charge in [0.1, 0.15) is 5.82 Å². The lowest BCUT2D eigenvalue weighted by molar-refractivity contribution is 0.523. The summed E-state index contributed by atoms with van der Waals surface area (Å²) in [6.45, 7) is 6.43. The Balaban J connectivity index is 2.50. The molecule has 1 aromatic carbocycles. The number of H-pyrrole nitrogens is 1. The number of hydrogen-bond acceptors (Lipinski definition) is 2. The fourth-order valence-electron chi connectivity index (χ4n) is 1.95. The van der Waals surface area contributed by atoms with E-state index in [2.05, 4.69) is 31.0 Å². The van der Waals surface area contributed by atoms with Crippen molar-refractivity contribution in [3.8, 4) is 11.1 Å². The highest BCUT2D eigenvalue weighted by Gasteiger charge is 2.20. The average Bonchev–Trinajstić information content (AvgIpc) is 2.71. The molecule has 0 aliphatic carbocycles. The lowest BCUT2D eigenvalue weighted by Gasteiger charge is -2.15. The third-order valence-corrected chi connectivity index (χ3v) is 3.41. The van der Waals surface area contributed by atoms with Gasteiger partial charge in [-0.1, -0.05) is 32.9 Å². The van der Waals surface area contributed by atoms with Gasteiger partial charge in [-0.25, -0.2) is 4.39 Å². The van der Waals surface area contributed by atoms with Crippen molar-refractivity contribution >= 4 is 5.82 Å². The van der Waals surface area contributed by atoms with Crippen molar-refractivity contribution in [2.75, 3.05) is 5.73 Å². The molecule has 1 heterocycles. The smallest absolute Gasteiger partial charge is 0.153 e. The molecular weight excluding hydrogens is 229 g/mol. The maximum Gasteiger partial charge on any atom is 0.153 e. The summed E-state index contributed by atoms with van der Waals surface area (Å²) in [7, 11) is 0. The van der Waals surface area contributed by atoms with Crippen LogP contribution in [0.15, 0.2) is 24.3 Å². The number of hydrogen-bond donors (Lipinski definition) is 2. The summed E-state index contributed by atoms with van der Waals surface area (Å²) in [4.78, 5) is 0. The van der Waals surface area contributed by atoms with E-state index in [1.807, 2.05) is 0 Å². The molecule has 3 nitrogen and oxygen atoms in total. The molecular formula is C14H18FN3. The van der Waals surface area contributed by atoms with Crippen LogP contribution in [0.4, 0.5) is 10.2 Å². The average molecular weight is 247 g/mol. The van der Waals surface area contributed by atoms with E-state index in [9.17, 15) is 4.39 Å². The first-order valence-corrected chi connectivity index (χ1v) is 6.10. The summed E-state index contributed by atoms with van der Waals surface area (Å²) in [5.41, 5.74) is 8.70. The molecule has 0 bridgehead atoms. The molecule has 0 aliphatic rings. The number of aromatic nitrogens is 2. The Bertz CT molecular complexity index is 528. The van der Waals surface area contributed by atoms with Gasteiger partial charge in [-0.05, 0) is 23.6 Å². The number of nitrogens with one attached hydrogen (secondary N) is 1. The van der Waals surface area contributed by atoms with Crippen LogP contribution < -0.4 is 5.73 Å². The molecule has 0 saturated carbocycles. The lowest BCUT2D eigenvalue weighted by atomic mass is 9.90. The van der Waals surface area contributed by atoms with E-state index < -0.39 is 0 Å². The molecule has 3 N–H and O–H groups in total. The first-order chi connectivity index (χ1) is 8.50. The Morgan fingerprint density at radius 3 is 2.33 bits per heavy atom. The fourth-order valence-corrected chi connectivity index (χ4v) is 1.95. The molecule has 4 heteroatoms. The van der Waals surface area contributed by atoms with Crippen LogP contribution in [0.2, 0.25) is 0 Å². The molecule has 0 saturated heterocycles. The highest BCUT2D eigenvalue weighted by Crippen LogP contribution is 2.35. The minimum atomic E-state index is -0.251. The highest BCUT2D eigenvalue weighted by molar-refractivity contribution is 5.76. The van der Waals surface area contributed by atoms with E-state index in [1.54, 1.807) is 12.1 Å². The summed E-state index contributed by atoms with van der Waals surface area (Å²) in [6.07, 6.45) is 0. The van der Waals surface area contributed by atoms with Crippen molar-refractivity contribution in [1.82, 2.24) is 10.2 Å². The van der Waals surface area contributed by atoms with Gasteiger partial charge in [0.05, 0.1) is 0 Å². The van der Waals surface area contributed by atoms with E-state index in [-0.39, 0.29) is 5.82 Å². The molecule has 1 aromatic heterocycles. The first-order valence-electron chi connectivity index (χ1n) is 6.10. The van der Waals surface area contributed by atoms with Gasteiger partial charge in [-0.3, -0.25) is 5.10 Å². The number of nitrogens with zero attached hydrogens (tertiary/aromatic N) is 1. The summed E-state index contributed by atoms with van der Waals surface area (Å²) < 4.78 is 13.0. The standard InChI is InChI=1S/C14H18FN3/c1-8(2)9(3)13-12(14(16)18-17-13)10-4-6-11(15)7-5-10/h4-9H,1-3H3,(H3,16,17,18). The van der Waals surface area contributed by atoms with Crippen LogP contribution in [0.25, 0.3) is 11.1 Å². The Hall–Kier alpha value is -1.84. The quantitative estimate of drug-likeness (QED) is 0.871. The van der Waals surface area contributed by atoms with E-state index in [0.29, 0.717) is 17.7 Å². The second-order valence-corrected chi connectivity index (χ2v) is 4.94. The number of anilines is 1. The minimum absolute atomic E-state index is 0.251. The molecule has 2 rings (SSSR count). The van der Waals surface area contributed by atoms with Crippen LogP contribution in [0.1, 0.15) is 32.4 Å². The van der Waals surface area contributed by atoms with Crippen LogP contribution >= 0.6 is 0 Å². The van der Waals surface area contributed by atoms with Crippen LogP contribution in [0, 0.1) is 11.7 Å². The fraction of sp³-hybridized carbons (Fsp3) is 0.357. The molecule has 0 fully saturated rings. The van der Waals surface area contributed by atoms with E-state index in [4.69, 9.17) is 5.73 Å². The molecule has 18 heavy (non-hydrogen) atoms. The van der Waals surface area contributed by atoms with Crippen molar-refractivity contribution in [1.29, 1.82) is 0 Å². The zero-order chi connectivity index (χ0) is 13.3. The second kappa shape index (κ2) is 4.80. The molecule has 1 unspecified atom stereocenters. The number of rotatable bonds is 3. The monoisotopic (exact) mass is 247 g/mol. The van der Waals surface area contributed by atoms with Gasteiger partial charge in [0, 0.05) is 17.2 Å². The molecule has 0 radical (unpaired) electrons. The zero-order valence-electron chi connectivity index (χ0n) is 10.9. The van der Waals surface area contributed by atoms with Crippen LogP contribution in [-0.2, 0) is 0 Å². The highest BCUT2D eigenvalue weighted by atomic mass is 19.1. The van der Waals surface area contributed by atoms with E-state index in [0.717, 1.165) is 16.8 Å². The topological polar surface area (TPSA) is 54.7 Å². The third-order valence-electron chi connectivity index (χ3n) is 3.41. The summed E-state index contributed by atoms with van der Waals surface area (Å²) >= 11 is 0. The first kappa shape index (κ1) is 12.6. The van der Waals surface area contributed by atoms with Gasteiger partial charge < -0.3 is 5.73 Å². The Morgan fingerprint density at radius 2 is 1.78 bits per heavy atom. The largest absolute Gasteiger partial charge is 0.382 e. The molecule has 96 valence electrons. The molecule has 0 aliphatic heterocycles. The van der Waals surface area contributed by atoms with Crippen LogP contribution in [0.5, 0.6) is 0 Å². The lowest BCUT2D eigenvalue weighted by Crippen LogP contribution is -2.04. The minimum Gasteiger partial charge on any atom is -0.382 e. The summed E-state index contributed by atoms with van der Waals surface area (Å²) in [5, 5.41) is 7.08. The van der Waals surface area contributed by atoms with Gasteiger partial charge >= 0.3 is 0 Å². The van der Waals surface area contributed by atoms with Gasteiger partial charge in [-0.2, -0.15) is 5.10 Å². The number of nitrogen functional groups attached to an aromatic ring is 1. The van der Waals surface area contributed by atoms with Gasteiger partial charge in [-0.15, -0.1) is 0 Å². The predicted molar refractivity (Wildman–Crippen MR) is 71.6 cm³/mol. The molecule has 2 aromatic rings. The van der Waals surface area contributed by atoms with Crippen molar-refractivity contribution in [3.05, 3.63) is 35.8 Å². The number of benzene rings is 1. The van der Waals surface area contributed by atoms with Gasteiger partial charge in [0.15, 0.2) is 5.82 Å². The van der Waals surface area contributed by atoms with Crippen molar-refractivity contribution < 1.29 is 4.39 Å². The molecule has 0 spiro atoms. The van der Waals surface area contributed by atoms with Crippen molar-refractivity contribution in [2.24, 2.45) is 5.92 Å². The van der Waals surface area contributed by atoms with E-state index >= 15 is 0 Å². The van der Waals surface area contributed by atoms with Crippen LogP contribution in [0.3, 0.4) is 0 Å². The Labute approximate surface area is 106 Å². The SMILES string of the molecule is CC(C)C(C)c1[nH]nc(N)c1-c1ccc(F)cc1. The van der Waals surface area contributed by atoms with E-state index in [1.165, 1.54) is 12.1 Å². The number of halogens is 1. The van der Waals surface area contributed by atoms with Crippen molar-refractivity contribution in [2.45, 2.75) is 26.7 Å². The van der Waals surface area contributed by atoms with Gasteiger partial charge in [0.2, 0.25) is 0 Å². The predicted octanol–water partition coefficient (Wildman–Crippen LogP) is 3.56. The summed E-state index contributed by atoms with van der Waals surface area (Å²) in [5.74, 6) is 1.00. The maximum atomic E-state index is 13.0. The maximum absolute atomic E-state index is 13.0. The van der Waals surface area contributed by atoms with Gasteiger partial charge in [0.25, 0.3) is 0 Å². The summed E-state index contributed by atoms with van der Waals surface area (Å²) in [6, 6.07) is 6.33. The second-order valence-electron chi connectivity index (χ2n) is 4.94. The number of nitrogens with two attached hydrogens (primary N) is 1. The van der Waals surface area contributed by atoms with Crippen LogP contribution in [-0.4, -0.2) is 10.2 Å². The molecule has 0 amide bonds. The molecule has 1 atom stereocenters. The Morgan fingerprint density at radius 1 is 1.17 bits per heavy atom. The zero-order valence-corrected chi connectivity index (χ0v) is 10.9. The number of aromatic amines is 1. The normalized spacial score (nSPS) is 12.9. The third kappa shape index (κ3) is 2.23. The van der Waals surface area contributed by atoms with Crippen molar-refractivity contribution in [3.63, 3.8) is 0 Å².